The summed E-state index contributed by atoms with van der Waals surface area (Å²) >= 11 is 0.954. The van der Waals surface area contributed by atoms with Gasteiger partial charge in [-0.15, -0.1) is 11.3 Å². The zero-order chi connectivity index (χ0) is 20.1. The number of anilines is 1. The number of carbonyl (C=O) groups is 3. The second-order valence-corrected chi connectivity index (χ2v) is 6.85. The fraction of sp³-hybridized carbons (Fsp3) is 0.316. The number of hydrogen-bond acceptors (Lipinski definition) is 7. The zero-order valence-electron chi connectivity index (χ0n) is 15.8. The summed E-state index contributed by atoms with van der Waals surface area (Å²) in [5, 5.41) is 2.82. The van der Waals surface area contributed by atoms with Crippen molar-refractivity contribution in [2.45, 2.75) is 20.8 Å². The summed E-state index contributed by atoms with van der Waals surface area (Å²) in [6.45, 7) is 5.29. The largest absolute Gasteiger partial charge is 0.484 e. The van der Waals surface area contributed by atoms with Crippen LogP contribution in [0.4, 0.5) is 5.00 Å². The Kier molecular flexibility index (Phi) is 6.57. The quantitative estimate of drug-likeness (QED) is 0.760. The number of nitrogens with one attached hydrogen (secondary N) is 1. The summed E-state index contributed by atoms with van der Waals surface area (Å²) in [4.78, 5) is 36.4. The molecular formula is C19H21NO6S. The number of amides is 1. The highest BCUT2D eigenvalue weighted by Crippen LogP contribution is 2.34. The zero-order valence-corrected chi connectivity index (χ0v) is 16.6. The minimum atomic E-state index is -0.649. The van der Waals surface area contributed by atoms with Gasteiger partial charge in [0, 0.05) is 0 Å². The van der Waals surface area contributed by atoms with Gasteiger partial charge in [-0.05, 0) is 49.6 Å². The lowest BCUT2D eigenvalue weighted by Gasteiger charge is -2.09. The molecule has 0 aliphatic carbocycles. The van der Waals surface area contributed by atoms with Gasteiger partial charge in [0.15, 0.2) is 6.61 Å². The average molecular weight is 391 g/mol. The Morgan fingerprint density at radius 2 is 1.67 bits per heavy atom. The van der Waals surface area contributed by atoms with Gasteiger partial charge in [-0.1, -0.05) is 6.07 Å². The molecule has 1 N–H and O–H groups in total. The van der Waals surface area contributed by atoms with Crippen molar-refractivity contribution >= 4 is 34.2 Å². The Morgan fingerprint density at radius 1 is 1.00 bits per heavy atom. The van der Waals surface area contributed by atoms with E-state index in [1.54, 1.807) is 13.0 Å². The summed E-state index contributed by atoms with van der Waals surface area (Å²) < 4.78 is 15.0. The van der Waals surface area contributed by atoms with Crippen LogP contribution in [0.15, 0.2) is 18.2 Å². The number of thiophene rings is 1. The molecule has 7 nitrogen and oxygen atoms in total. The van der Waals surface area contributed by atoms with E-state index in [0.29, 0.717) is 11.3 Å². The van der Waals surface area contributed by atoms with Gasteiger partial charge in [0.1, 0.15) is 15.6 Å². The van der Waals surface area contributed by atoms with Crippen LogP contribution < -0.4 is 10.1 Å². The minimum absolute atomic E-state index is 0.127. The van der Waals surface area contributed by atoms with E-state index in [4.69, 9.17) is 14.2 Å². The van der Waals surface area contributed by atoms with Crippen LogP contribution in [0, 0.1) is 20.8 Å². The highest BCUT2D eigenvalue weighted by Gasteiger charge is 2.26. The maximum atomic E-state index is 12.3. The molecule has 1 heterocycles. The van der Waals surface area contributed by atoms with E-state index >= 15 is 0 Å². The van der Waals surface area contributed by atoms with E-state index in [0.717, 1.165) is 22.5 Å². The van der Waals surface area contributed by atoms with E-state index < -0.39 is 17.8 Å². The van der Waals surface area contributed by atoms with E-state index in [9.17, 15) is 14.4 Å². The van der Waals surface area contributed by atoms with Gasteiger partial charge in [0.2, 0.25) is 0 Å². The second-order valence-electron chi connectivity index (χ2n) is 5.83. The summed E-state index contributed by atoms with van der Waals surface area (Å²) in [5.41, 5.74) is 2.70. The number of methoxy groups -OCH3 is 2. The summed E-state index contributed by atoms with van der Waals surface area (Å²) in [6.07, 6.45) is 0. The lowest BCUT2D eigenvalue weighted by atomic mass is 10.1. The van der Waals surface area contributed by atoms with Crippen molar-refractivity contribution in [3.05, 3.63) is 45.3 Å². The molecule has 27 heavy (non-hydrogen) atoms. The summed E-state index contributed by atoms with van der Waals surface area (Å²) in [5.74, 6) is -1.13. The Balaban J connectivity index is 2.17. The molecule has 8 heteroatoms. The Hall–Kier alpha value is -2.87. The maximum absolute atomic E-state index is 12.3. The molecule has 144 valence electrons. The van der Waals surface area contributed by atoms with E-state index in [1.165, 1.54) is 14.2 Å². The van der Waals surface area contributed by atoms with Crippen LogP contribution in [0.1, 0.15) is 36.7 Å². The number of benzene rings is 1. The first-order valence-electron chi connectivity index (χ1n) is 8.08. The lowest BCUT2D eigenvalue weighted by molar-refractivity contribution is -0.118. The normalized spacial score (nSPS) is 10.3. The van der Waals surface area contributed by atoms with Gasteiger partial charge in [-0.2, -0.15) is 0 Å². The molecule has 0 aliphatic heterocycles. The van der Waals surface area contributed by atoms with Crippen LogP contribution >= 0.6 is 11.3 Å². The fourth-order valence-corrected chi connectivity index (χ4v) is 3.48. The van der Waals surface area contributed by atoms with Crippen molar-refractivity contribution in [2.24, 2.45) is 0 Å². The second kappa shape index (κ2) is 8.68. The summed E-state index contributed by atoms with van der Waals surface area (Å²) in [7, 11) is 2.47. The van der Waals surface area contributed by atoms with Gasteiger partial charge < -0.3 is 19.5 Å². The van der Waals surface area contributed by atoms with Crippen LogP contribution in [0.2, 0.25) is 0 Å². The maximum Gasteiger partial charge on any atom is 0.348 e. The number of ether oxygens (including phenoxy) is 3. The molecule has 0 unspecified atom stereocenters. The molecule has 0 fully saturated rings. The number of aryl methyl sites for hydroxylation is 2. The Bertz CT molecular complexity index is 887. The summed E-state index contributed by atoms with van der Waals surface area (Å²) in [6, 6.07) is 5.52. The van der Waals surface area contributed by atoms with Crippen molar-refractivity contribution < 1.29 is 28.6 Å². The first kappa shape index (κ1) is 20.4. The van der Waals surface area contributed by atoms with Crippen molar-refractivity contribution in [3.8, 4) is 5.75 Å². The Labute approximate surface area is 161 Å². The van der Waals surface area contributed by atoms with Crippen molar-refractivity contribution in [3.63, 3.8) is 0 Å². The number of hydrogen-bond donors (Lipinski definition) is 1. The average Bonchev–Trinajstić information content (AvgIpc) is 2.97. The first-order valence-corrected chi connectivity index (χ1v) is 8.90. The molecule has 1 amide bonds. The van der Waals surface area contributed by atoms with E-state index in [2.05, 4.69) is 5.32 Å². The Morgan fingerprint density at radius 3 is 2.26 bits per heavy atom. The minimum Gasteiger partial charge on any atom is -0.484 e. The first-order chi connectivity index (χ1) is 12.8. The molecule has 0 bridgehead atoms. The van der Waals surface area contributed by atoms with Crippen molar-refractivity contribution in [2.75, 3.05) is 26.1 Å². The van der Waals surface area contributed by atoms with E-state index in [-0.39, 0.29) is 22.0 Å². The van der Waals surface area contributed by atoms with E-state index in [1.807, 2.05) is 26.0 Å². The molecule has 0 atom stereocenters. The van der Waals surface area contributed by atoms with Crippen molar-refractivity contribution in [1.82, 2.24) is 0 Å². The monoisotopic (exact) mass is 391 g/mol. The number of rotatable bonds is 6. The SMILES string of the molecule is COC(=O)c1sc(NC(=O)COc2ccc(C)c(C)c2)c(C(=O)OC)c1C. The molecule has 0 radical (unpaired) electrons. The third kappa shape index (κ3) is 4.65. The van der Waals surface area contributed by atoms with Crippen LogP contribution in [0.5, 0.6) is 5.75 Å². The number of carbonyl (C=O) groups excluding carboxylic acids is 3. The van der Waals surface area contributed by atoms with Gasteiger partial charge in [-0.3, -0.25) is 4.79 Å². The third-order valence-electron chi connectivity index (χ3n) is 4.01. The van der Waals surface area contributed by atoms with Gasteiger partial charge in [0.05, 0.1) is 19.8 Å². The smallest absolute Gasteiger partial charge is 0.348 e. The molecular weight excluding hydrogens is 370 g/mol. The lowest BCUT2D eigenvalue weighted by Crippen LogP contribution is -2.21. The topological polar surface area (TPSA) is 90.9 Å². The standard InChI is InChI=1S/C19H21NO6S/c1-10-6-7-13(8-11(10)2)26-9-14(21)20-17-15(18(22)24-4)12(3)16(27-17)19(23)25-5/h6-8H,9H2,1-5H3,(H,20,21). The number of esters is 2. The predicted octanol–water partition coefficient (Wildman–Crippen LogP) is 3.26. The van der Waals surface area contributed by atoms with Crippen LogP contribution in [0.25, 0.3) is 0 Å². The molecule has 0 saturated heterocycles. The van der Waals surface area contributed by atoms with Crippen LogP contribution in [-0.2, 0) is 14.3 Å². The molecule has 2 rings (SSSR count). The molecule has 0 saturated carbocycles. The molecule has 1 aromatic heterocycles. The van der Waals surface area contributed by atoms with Gasteiger partial charge >= 0.3 is 11.9 Å². The van der Waals surface area contributed by atoms with Crippen LogP contribution in [-0.4, -0.2) is 38.7 Å². The highest BCUT2D eigenvalue weighted by atomic mass is 32.1. The molecule has 2 aromatic rings. The molecule has 1 aromatic carbocycles. The molecule has 0 spiro atoms. The molecule has 0 aliphatic rings. The van der Waals surface area contributed by atoms with Crippen molar-refractivity contribution in [1.29, 1.82) is 0 Å². The predicted molar refractivity (Wildman–Crippen MR) is 102 cm³/mol. The van der Waals surface area contributed by atoms with Gasteiger partial charge in [0.25, 0.3) is 5.91 Å². The van der Waals surface area contributed by atoms with Crippen LogP contribution in [0.3, 0.4) is 0 Å². The van der Waals surface area contributed by atoms with Gasteiger partial charge in [-0.25, -0.2) is 9.59 Å². The highest BCUT2D eigenvalue weighted by molar-refractivity contribution is 7.18. The third-order valence-corrected chi connectivity index (χ3v) is 5.20. The fourth-order valence-electron chi connectivity index (χ4n) is 2.35.